The van der Waals surface area contributed by atoms with Gasteiger partial charge in [-0.15, -0.1) is 11.3 Å². The van der Waals surface area contributed by atoms with Crippen molar-refractivity contribution in [2.75, 3.05) is 6.67 Å². The number of aromatic nitrogens is 2. The zero-order valence-electron chi connectivity index (χ0n) is 14.3. The van der Waals surface area contributed by atoms with Gasteiger partial charge in [0, 0.05) is 10.4 Å². The molecule has 0 aliphatic rings. The molecule has 0 saturated heterocycles. The normalized spacial score (nSPS) is 11.2. The molecule has 2 heterocycles. The van der Waals surface area contributed by atoms with Crippen LogP contribution in [0.25, 0.3) is 32.0 Å². The van der Waals surface area contributed by atoms with E-state index >= 15 is 0 Å². The summed E-state index contributed by atoms with van der Waals surface area (Å²) in [5.74, 6) is 0.519. The summed E-state index contributed by atoms with van der Waals surface area (Å²) in [5, 5.41) is 0.540. The number of halogens is 1. The lowest BCUT2D eigenvalue weighted by molar-refractivity contribution is 0.441. The van der Waals surface area contributed by atoms with Gasteiger partial charge in [-0.3, -0.25) is 9.36 Å². The topological polar surface area (TPSA) is 34.9 Å². The molecule has 26 heavy (non-hydrogen) atoms. The molecule has 5 heteroatoms. The number of hydrogen-bond donors (Lipinski definition) is 0. The Morgan fingerprint density at radius 2 is 1.81 bits per heavy atom. The minimum Gasteiger partial charge on any atom is -0.289 e. The van der Waals surface area contributed by atoms with E-state index in [1.54, 1.807) is 0 Å². The van der Waals surface area contributed by atoms with E-state index in [1.807, 2.05) is 67.6 Å². The van der Waals surface area contributed by atoms with Gasteiger partial charge in [0.25, 0.3) is 5.56 Å². The van der Waals surface area contributed by atoms with Crippen LogP contribution in [0.3, 0.4) is 0 Å². The SMILES string of the molecule is Cc1cccc(-c2nc3sc(-c4ccccc4)cc3c(=O)n2CCF)c1. The number of aryl methyl sites for hydroxylation is 1. The van der Waals surface area contributed by atoms with Crippen molar-refractivity contribution in [1.82, 2.24) is 9.55 Å². The highest BCUT2D eigenvalue weighted by atomic mass is 32.1. The molecule has 130 valence electrons. The molecule has 0 saturated carbocycles. The standard InChI is InChI=1S/C21H17FN2OS/c1-14-6-5-9-16(12-14)19-23-20-17(21(25)24(19)11-10-22)13-18(26-20)15-7-3-2-4-8-15/h2-9,12-13H,10-11H2,1H3. The van der Waals surface area contributed by atoms with Crippen molar-refractivity contribution in [3.8, 4) is 21.8 Å². The highest BCUT2D eigenvalue weighted by Crippen LogP contribution is 2.32. The van der Waals surface area contributed by atoms with Gasteiger partial charge in [-0.05, 0) is 24.6 Å². The van der Waals surface area contributed by atoms with Crippen LogP contribution in [0.4, 0.5) is 4.39 Å². The van der Waals surface area contributed by atoms with Crippen molar-refractivity contribution in [3.63, 3.8) is 0 Å². The number of alkyl halides is 1. The van der Waals surface area contributed by atoms with Crippen molar-refractivity contribution < 1.29 is 4.39 Å². The molecule has 0 N–H and O–H groups in total. The maximum Gasteiger partial charge on any atom is 0.262 e. The van der Waals surface area contributed by atoms with E-state index in [1.165, 1.54) is 15.9 Å². The molecular weight excluding hydrogens is 347 g/mol. The molecule has 2 aromatic carbocycles. The van der Waals surface area contributed by atoms with Crippen LogP contribution in [-0.2, 0) is 6.54 Å². The quantitative estimate of drug-likeness (QED) is 0.507. The molecule has 4 aromatic rings. The Kier molecular flexibility index (Phi) is 4.39. The van der Waals surface area contributed by atoms with E-state index in [4.69, 9.17) is 4.98 Å². The summed E-state index contributed by atoms with van der Waals surface area (Å²) < 4.78 is 14.6. The second-order valence-corrected chi connectivity index (χ2v) is 7.18. The van der Waals surface area contributed by atoms with Gasteiger partial charge >= 0.3 is 0 Å². The molecule has 4 rings (SSSR count). The Morgan fingerprint density at radius 3 is 2.54 bits per heavy atom. The van der Waals surface area contributed by atoms with E-state index < -0.39 is 6.67 Å². The number of benzene rings is 2. The van der Waals surface area contributed by atoms with Crippen LogP contribution in [0.2, 0.25) is 0 Å². The van der Waals surface area contributed by atoms with Crippen molar-refractivity contribution in [2.24, 2.45) is 0 Å². The number of hydrogen-bond acceptors (Lipinski definition) is 3. The van der Waals surface area contributed by atoms with E-state index in [0.717, 1.165) is 21.6 Å². The first-order valence-electron chi connectivity index (χ1n) is 8.40. The third-order valence-electron chi connectivity index (χ3n) is 4.29. The predicted octanol–water partition coefficient (Wildman–Crippen LogP) is 5.07. The second kappa shape index (κ2) is 6.84. The van der Waals surface area contributed by atoms with E-state index in [0.29, 0.717) is 16.0 Å². The Hall–Kier alpha value is -2.79. The van der Waals surface area contributed by atoms with Gasteiger partial charge in [-0.1, -0.05) is 54.1 Å². The Balaban J connectivity index is 1.97. The number of rotatable bonds is 4. The molecular formula is C21H17FN2OS. The Labute approximate surface area is 154 Å². The Bertz CT molecular complexity index is 1130. The largest absolute Gasteiger partial charge is 0.289 e. The monoisotopic (exact) mass is 364 g/mol. The summed E-state index contributed by atoms with van der Waals surface area (Å²) in [6, 6.07) is 19.5. The lowest BCUT2D eigenvalue weighted by Gasteiger charge is -2.11. The van der Waals surface area contributed by atoms with Gasteiger partial charge in [0.2, 0.25) is 0 Å². The molecule has 3 nitrogen and oxygen atoms in total. The smallest absolute Gasteiger partial charge is 0.262 e. The zero-order chi connectivity index (χ0) is 18.1. The molecule has 0 aliphatic heterocycles. The van der Waals surface area contributed by atoms with Gasteiger partial charge in [0.1, 0.15) is 17.3 Å². The van der Waals surface area contributed by atoms with Gasteiger partial charge in [0.15, 0.2) is 0 Å². The summed E-state index contributed by atoms with van der Waals surface area (Å²) in [6.45, 7) is 1.38. The molecule has 2 aromatic heterocycles. The summed E-state index contributed by atoms with van der Waals surface area (Å²) in [5.41, 5.74) is 2.75. The zero-order valence-corrected chi connectivity index (χ0v) is 15.1. The first kappa shape index (κ1) is 16.7. The van der Waals surface area contributed by atoms with Crippen molar-refractivity contribution >= 4 is 21.6 Å². The number of nitrogens with zero attached hydrogens (tertiary/aromatic N) is 2. The van der Waals surface area contributed by atoms with Crippen LogP contribution in [0, 0.1) is 6.92 Å². The first-order chi connectivity index (χ1) is 12.7. The summed E-state index contributed by atoms with van der Waals surface area (Å²) in [4.78, 5) is 19.4. The molecule has 0 atom stereocenters. The molecule has 0 radical (unpaired) electrons. The fourth-order valence-corrected chi connectivity index (χ4v) is 4.08. The fourth-order valence-electron chi connectivity index (χ4n) is 3.06. The third-order valence-corrected chi connectivity index (χ3v) is 5.37. The van der Waals surface area contributed by atoms with Crippen LogP contribution in [0.15, 0.2) is 65.5 Å². The number of fused-ring (bicyclic) bond motifs is 1. The van der Waals surface area contributed by atoms with Crippen LogP contribution < -0.4 is 5.56 Å². The van der Waals surface area contributed by atoms with Crippen LogP contribution in [0.5, 0.6) is 0 Å². The minimum absolute atomic E-state index is 0.00155. The van der Waals surface area contributed by atoms with Gasteiger partial charge in [0.05, 0.1) is 11.9 Å². The minimum atomic E-state index is -0.610. The van der Waals surface area contributed by atoms with Crippen molar-refractivity contribution in [2.45, 2.75) is 13.5 Å². The fraction of sp³-hybridized carbons (Fsp3) is 0.143. The van der Waals surface area contributed by atoms with Gasteiger partial charge < -0.3 is 0 Å². The highest BCUT2D eigenvalue weighted by Gasteiger charge is 2.16. The lowest BCUT2D eigenvalue weighted by Crippen LogP contribution is -2.23. The molecule has 0 fully saturated rings. The van der Waals surface area contributed by atoms with E-state index in [-0.39, 0.29) is 12.1 Å². The first-order valence-corrected chi connectivity index (χ1v) is 9.22. The highest BCUT2D eigenvalue weighted by molar-refractivity contribution is 7.21. The van der Waals surface area contributed by atoms with Crippen LogP contribution >= 0.6 is 11.3 Å². The van der Waals surface area contributed by atoms with E-state index in [2.05, 4.69) is 0 Å². The van der Waals surface area contributed by atoms with E-state index in [9.17, 15) is 9.18 Å². The van der Waals surface area contributed by atoms with Crippen molar-refractivity contribution in [3.05, 3.63) is 76.6 Å². The summed E-state index contributed by atoms with van der Waals surface area (Å²) in [6.07, 6.45) is 0. The van der Waals surface area contributed by atoms with Gasteiger partial charge in [-0.2, -0.15) is 0 Å². The summed E-state index contributed by atoms with van der Waals surface area (Å²) >= 11 is 1.49. The molecule has 0 amide bonds. The Morgan fingerprint density at radius 1 is 1.04 bits per heavy atom. The lowest BCUT2D eigenvalue weighted by atomic mass is 10.1. The van der Waals surface area contributed by atoms with Crippen molar-refractivity contribution in [1.29, 1.82) is 0 Å². The maximum atomic E-state index is 13.1. The molecule has 0 bridgehead atoms. The number of thiophene rings is 1. The molecule has 0 aliphatic carbocycles. The van der Waals surface area contributed by atoms with Crippen LogP contribution in [0.1, 0.15) is 5.56 Å². The predicted molar refractivity (Wildman–Crippen MR) is 105 cm³/mol. The van der Waals surface area contributed by atoms with Gasteiger partial charge in [-0.25, -0.2) is 9.37 Å². The molecule has 0 spiro atoms. The average Bonchev–Trinajstić information content (AvgIpc) is 3.09. The summed E-state index contributed by atoms with van der Waals surface area (Å²) in [7, 11) is 0. The van der Waals surface area contributed by atoms with Crippen LogP contribution in [-0.4, -0.2) is 16.2 Å². The third kappa shape index (κ3) is 2.95. The second-order valence-electron chi connectivity index (χ2n) is 6.15. The average molecular weight is 364 g/mol. The molecule has 0 unspecified atom stereocenters. The maximum absolute atomic E-state index is 13.1.